The second-order valence-electron chi connectivity index (χ2n) is 5.15. The van der Waals surface area contributed by atoms with Gasteiger partial charge in [-0.15, -0.1) is 0 Å². The van der Waals surface area contributed by atoms with Gasteiger partial charge in [-0.1, -0.05) is 26.0 Å². The summed E-state index contributed by atoms with van der Waals surface area (Å²) in [6.07, 6.45) is -3.84. The number of alkyl halides is 3. The van der Waals surface area contributed by atoms with Crippen LogP contribution in [0, 0.1) is 5.92 Å². The minimum atomic E-state index is -4.38. The largest absolute Gasteiger partial charge is 0.416 e. The third kappa shape index (κ3) is 5.21. The van der Waals surface area contributed by atoms with Gasteiger partial charge in [0, 0.05) is 6.54 Å². The molecule has 3 nitrogen and oxygen atoms in total. The maximum atomic E-state index is 12.5. The van der Waals surface area contributed by atoms with Crippen LogP contribution in [0.25, 0.3) is 0 Å². The van der Waals surface area contributed by atoms with E-state index < -0.39 is 17.8 Å². The molecule has 112 valence electrons. The van der Waals surface area contributed by atoms with Gasteiger partial charge in [0.05, 0.1) is 11.6 Å². The summed E-state index contributed by atoms with van der Waals surface area (Å²) < 4.78 is 37.6. The molecule has 0 aromatic heterocycles. The van der Waals surface area contributed by atoms with Crippen molar-refractivity contribution >= 4 is 5.91 Å². The van der Waals surface area contributed by atoms with Crippen LogP contribution in [0.15, 0.2) is 24.3 Å². The van der Waals surface area contributed by atoms with E-state index in [0.29, 0.717) is 12.0 Å². The molecule has 0 aliphatic heterocycles. The van der Waals surface area contributed by atoms with E-state index in [4.69, 9.17) is 5.73 Å². The van der Waals surface area contributed by atoms with E-state index >= 15 is 0 Å². The van der Waals surface area contributed by atoms with Crippen molar-refractivity contribution in [3.8, 4) is 0 Å². The van der Waals surface area contributed by atoms with E-state index in [9.17, 15) is 18.0 Å². The fourth-order valence-corrected chi connectivity index (χ4v) is 1.79. The summed E-state index contributed by atoms with van der Waals surface area (Å²) in [6, 6.07) is 4.23. The first kappa shape index (κ1) is 16.5. The number of rotatable bonds is 5. The van der Waals surface area contributed by atoms with Gasteiger partial charge in [0.2, 0.25) is 5.91 Å². The van der Waals surface area contributed by atoms with Gasteiger partial charge in [-0.3, -0.25) is 4.79 Å². The summed E-state index contributed by atoms with van der Waals surface area (Å²) in [6.45, 7) is 3.93. The first-order valence-corrected chi connectivity index (χ1v) is 6.39. The van der Waals surface area contributed by atoms with E-state index in [2.05, 4.69) is 5.32 Å². The Kier molecular flexibility index (Phi) is 5.56. The van der Waals surface area contributed by atoms with Crippen molar-refractivity contribution in [2.24, 2.45) is 11.7 Å². The maximum absolute atomic E-state index is 12.5. The van der Waals surface area contributed by atoms with E-state index in [-0.39, 0.29) is 18.4 Å². The van der Waals surface area contributed by atoms with Gasteiger partial charge >= 0.3 is 6.18 Å². The van der Waals surface area contributed by atoms with Crippen LogP contribution in [0.4, 0.5) is 13.2 Å². The molecule has 1 unspecified atom stereocenters. The van der Waals surface area contributed by atoms with Crippen molar-refractivity contribution in [3.63, 3.8) is 0 Å². The average molecular weight is 288 g/mol. The Morgan fingerprint density at radius 1 is 1.35 bits per heavy atom. The predicted octanol–water partition coefficient (Wildman–Crippen LogP) is 2.70. The topological polar surface area (TPSA) is 55.1 Å². The van der Waals surface area contributed by atoms with Gasteiger partial charge in [-0.25, -0.2) is 0 Å². The SMILES string of the molecule is CC(C)CC(N)C(=O)NCc1cccc(C(F)(F)F)c1. The molecule has 3 N–H and O–H groups in total. The molecular formula is C14H19F3N2O. The molecule has 0 aliphatic carbocycles. The van der Waals surface area contributed by atoms with E-state index in [0.717, 1.165) is 12.1 Å². The van der Waals surface area contributed by atoms with Gasteiger partial charge in [0.1, 0.15) is 0 Å². The number of halogens is 3. The number of carbonyl (C=O) groups is 1. The highest BCUT2D eigenvalue weighted by Gasteiger charge is 2.30. The lowest BCUT2D eigenvalue weighted by Gasteiger charge is -2.14. The number of nitrogens with two attached hydrogens (primary N) is 1. The molecular weight excluding hydrogens is 269 g/mol. The molecule has 1 aromatic carbocycles. The average Bonchev–Trinajstić information content (AvgIpc) is 2.34. The van der Waals surface area contributed by atoms with Crippen molar-refractivity contribution < 1.29 is 18.0 Å². The summed E-state index contributed by atoms with van der Waals surface area (Å²) in [4.78, 5) is 11.7. The van der Waals surface area contributed by atoms with Crippen molar-refractivity contribution in [2.45, 2.75) is 39.0 Å². The summed E-state index contributed by atoms with van der Waals surface area (Å²) in [7, 11) is 0. The van der Waals surface area contributed by atoms with Crippen LogP contribution in [0.1, 0.15) is 31.4 Å². The zero-order valence-corrected chi connectivity index (χ0v) is 11.5. The van der Waals surface area contributed by atoms with Crippen molar-refractivity contribution in [1.82, 2.24) is 5.32 Å². The number of hydrogen-bond acceptors (Lipinski definition) is 2. The maximum Gasteiger partial charge on any atom is 0.416 e. The van der Waals surface area contributed by atoms with E-state index in [1.54, 1.807) is 0 Å². The molecule has 0 spiro atoms. The third-order valence-electron chi connectivity index (χ3n) is 2.78. The van der Waals surface area contributed by atoms with Crippen LogP contribution in [0.5, 0.6) is 0 Å². The zero-order chi connectivity index (χ0) is 15.3. The standard InChI is InChI=1S/C14H19F3N2O/c1-9(2)6-12(18)13(20)19-8-10-4-3-5-11(7-10)14(15,16)17/h3-5,7,9,12H,6,8,18H2,1-2H3,(H,19,20). The van der Waals surface area contributed by atoms with Gasteiger partial charge in [-0.2, -0.15) is 13.2 Å². The van der Waals surface area contributed by atoms with Crippen molar-refractivity contribution in [2.75, 3.05) is 0 Å². The van der Waals surface area contributed by atoms with Gasteiger partial charge in [0.15, 0.2) is 0 Å². The van der Waals surface area contributed by atoms with Crippen LogP contribution in [-0.2, 0) is 17.5 Å². The molecule has 1 rings (SSSR count). The monoisotopic (exact) mass is 288 g/mol. The summed E-state index contributed by atoms with van der Waals surface area (Å²) in [5, 5.41) is 2.55. The molecule has 0 fully saturated rings. The smallest absolute Gasteiger partial charge is 0.351 e. The lowest BCUT2D eigenvalue weighted by atomic mass is 10.0. The van der Waals surface area contributed by atoms with E-state index in [1.165, 1.54) is 12.1 Å². The van der Waals surface area contributed by atoms with Gasteiger partial charge in [0.25, 0.3) is 0 Å². The Morgan fingerprint density at radius 2 is 2.00 bits per heavy atom. The summed E-state index contributed by atoms with van der Waals surface area (Å²) in [5.41, 5.74) is 5.36. The molecule has 6 heteroatoms. The number of hydrogen-bond donors (Lipinski definition) is 2. The quantitative estimate of drug-likeness (QED) is 0.875. The Morgan fingerprint density at radius 3 is 2.55 bits per heavy atom. The fourth-order valence-electron chi connectivity index (χ4n) is 1.79. The first-order chi connectivity index (χ1) is 9.20. The van der Waals surface area contributed by atoms with Crippen LogP contribution >= 0.6 is 0 Å². The van der Waals surface area contributed by atoms with Crippen molar-refractivity contribution in [1.29, 1.82) is 0 Å². The Balaban J connectivity index is 2.60. The van der Waals surface area contributed by atoms with Crippen LogP contribution < -0.4 is 11.1 Å². The molecule has 0 aliphatic rings. The highest BCUT2D eigenvalue weighted by Crippen LogP contribution is 2.29. The zero-order valence-electron chi connectivity index (χ0n) is 11.5. The van der Waals surface area contributed by atoms with Crippen LogP contribution in [-0.4, -0.2) is 11.9 Å². The number of benzene rings is 1. The predicted molar refractivity (Wildman–Crippen MR) is 70.7 cm³/mol. The van der Waals surface area contributed by atoms with Crippen molar-refractivity contribution in [3.05, 3.63) is 35.4 Å². The lowest BCUT2D eigenvalue weighted by Crippen LogP contribution is -2.41. The third-order valence-corrected chi connectivity index (χ3v) is 2.78. The molecule has 1 amide bonds. The summed E-state index contributed by atoms with van der Waals surface area (Å²) >= 11 is 0. The highest BCUT2D eigenvalue weighted by molar-refractivity contribution is 5.81. The molecule has 0 bridgehead atoms. The molecule has 1 aromatic rings. The van der Waals surface area contributed by atoms with E-state index in [1.807, 2.05) is 13.8 Å². The number of nitrogens with one attached hydrogen (secondary N) is 1. The molecule has 0 saturated carbocycles. The molecule has 1 atom stereocenters. The van der Waals surface area contributed by atoms with Crippen LogP contribution in [0.2, 0.25) is 0 Å². The number of carbonyl (C=O) groups excluding carboxylic acids is 1. The van der Waals surface area contributed by atoms with Crippen LogP contribution in [0.3, 0.4) is 0 Å². The lowest BCUT2D eigenvalue weighted by molar-refractivity contribution is -0.137. The minimum absolute atomic E-state index is 0.0363. The minimum Gasteiger partial charge on any atom is -0.351 e. The normalized spacial score (nSPS) is 13.3. The second kappa shape index (κ2) is 6.74. The molecule has 0 radical (unpaired) electrons. The summed E-state index contributed by atoms with van der Waals surface area (Å²) in [5.74, 6) is -0.0691. The van der Waals surface area contributed by atoms with Gasteiger partial charge in [-0.05, 0) is 30.0 Å². The molecule has 20 heavy (non-hydrogen) atoms. The molecule has 0 saturated heterocycles. The first-order valence-electron chi connectivity index (χ1n) is 6.39. The second-order valence-corrected chi connectivity index (χ2v) is 5.15. The van der Waals surface area contributed by atoms with Gasteiger partial charge < -0.3 is 11.1 Å². The fraction of sp³-hybridized carbons (Fsp3) is 0.500. The number of amides is 1. The highest BCUT2D eigenvalue weighted by atomic mass is 19.4. The Labute approximate surface area is 116 Å². The Bertz CT molecular complexity index is 458. The molecule has 0 heterocycles. The Hall–Kier alpha value is -1.56.